The highest BCUT2D eigenvalue weighted by atomic mass is 35.5. The number of Topliss-reactive ketones (excluding diaryl/α,β-unsaturated/α-hetero) is 3. The first-order valence-electron chi connectivity index (χ1n) is 13.8. The molecular formula is C31H35Cl2F3O5S. The van der Waals surface area contributed by atoms with Gasteiger partial charge in [0, 0.05) is 45.2 Å². The van der Waals surface area contributed by atoms with Crippen LogP contribution in [0.25, 0.3) is 0 Å². The van der Waals surface area contributed by atoms with Crippen molar-refractivity contribution in [2.24, 2.45) is 23.7 Å². The van der Waals surface area contributed by atoms with Crippen LogP contribution in [0.4, 0.5) is 13.2 Å². The summed E-state index contributed by atoms with van der Waals surface area (Å²) < 4.78 is 50.3. The summed E-state index contributed by atoms with van der Waals surface area (Å²) in [5, 5.41) is 0.709. The third-order valence-corrected chi connectivity index (χ3v) is 9.35. The molecule has 1 saturated carbocycles. The highest BCUT2D eigenvalue weighted by Crippen LogP contribution is 2.39. The topological polar surface area (TPSA) is 69.7 Å². The Balaban J connectivity index is 1.70. The summed E-state index contributed by atoms with van der Waals surface area (Å²) in [6.45, 7) is 2.87. The van der Waals surface area contributed by atoms with Gasteiger partial charge in [0.15, 0.2) is 5.78 Å². The van der Waals surface area contributed by atoms with Crippen molar-refractivity contribution >= 4 is 52.3 Å². The number of hydrogen-bond donors (Lipinski definition) is 0. The molecule has 5 nitrogen and oxygen atoms in total. The Morgan fingerprint density at radius 2 is 1.52 bits per heavy atom. The van der Waals surface area contributed by atoms with Crippen molar-refractivity contribution in [3.05, 3.63) is 58.1 Å². The first-order chi connectivity index (χ1) is 19.8. The van der Waals surface area contributed by atoms with E-state index in [1.165, 1.54) is 0 Å². The Labute approximate surface area is 258 Å². The van der Waals surface area contributed by atoms with Gasteiger partial charge in [0.2, 0.25) is 5.78 Å². The second kappa shape index (κ2) is 15.5. The monoisotopic (exact) mass is 646 g/mol. The molecule has 2 aromatic carbocycles. The molecule has 2 aromatic rings. The Morgan fingerprint density at radius 3 is 2.07 bits per heavy atom. The number of ether oxygens (including phenoxy) is 2. The smallest absolute Gasteiger partial charge is 0.450 e. The maximum atomic E-state index is 13.3. The molecule has 1 unspecified atom stereocenters. The minimum Gasteiger partial charge on any atom is -0.497 e. The maximum absolute atomic E-state index is 13.3. The Hall–Kier alpha value is -2.23. The van der Waals surface area contributed by atoms with Crippen LogP contribution < -0.4 is 9.47 Å². The van der Waals surface area contributed by atoms with Gasteiger partial charge >= 0.3 is 6.18 Å². The summed E-state index contributed by atoms with van der Waals surface area (Å²) in [6.07, 6.45) is -3.93. The van der Waals surface area contributed by atoms with Crippen molar-refractivity contribution in [2.45, 2.75) is 63.1 Å². The third-order valence-electron chi connectivity index (χ3n) is 7.56. The van der Waals surface area contributed by atoms with Crippen LogP contribution in [0.2, 0.25) is 10.0 Å². The van der Waals surface area contributed by atoms with Crippen molar-refractivity contribution in [3.8, 4) is 11.5 Å². The Morgan fingerprint density at radius 1 is 0.929 bits per heavy atom. The molecule has 230 valence electrons. The summed E-state index contributed by atoms with van der Waals surface area (Å²) in [4.78, 5) is 38.5. The molecule has 3 rings (SSSR count). The molecule has 1 aliphatic carbocycles. The summed E-state index contributed by atoms with van der Waals surface area (Å²) >= 11 is 13.7. The van der Waals surface area contributed by atoms with Gasteiger partial charge < -0.3 is 9.47 Å². The van der Waals surface area contributed by atoms with Gasteiger partial charge in [-0.05, 0) is 67.5 Å². The average Bonchev–Trinajstić information content (AvgIpc) is 2.93. The fourth-order valence-electron chi connectivity index (χ4n) is 5.23. The van der Waals surface area contributed by atoms with Crippen LogP contribution in [-0.2, 0) is 20.1 Å². The van der Waals surface area contributed by atoms with Crippen LogP contribution in [0.15, 0.2) is 42.5 Å². The lowest BCUT2D eigenvalue weighted by Gasteiger charge is -2.33. The van der Waals surface area contributed by atoms with E-state index in [0.717, 1.165) is 11.3 Å². The molecule has 1 aliphatic rings. The number of carbonyl (C=O) groups is 3. The summed E-state index contributed by atoms with van der Waals surface area (Å²) in [5.41, 5.74) is 1.06. The number of carbonyl (C=O) groups excluding carboxylic acids is 3. The molecule has 0 amide bonds. The van der Waals surface area contributed by atoms with E-state index in [1.54, 1.807) is 50.9 Å². The van der Waals surface area contributed by atoms with Gasteiger partial charge in [-0.2, -0.15) is 24.9 Å². The summed E-state index contributed by atoms with van der Waals surface area (Å²) in [6, 6.07) is 12.3. The van der Waals surface area contributed by atoms with Crippen LogP contribution in [-0.4, -0.2) is 42.5 Å². The van der Waals surface area contributed by atoms with E-state index >= 15 is 0 Å². The lowest BCUT2D eigenvalue weighted by molar-refractivity contribution is -0.177. The summed E-state index contributed by atoms with van der Waals surface area (Å²) in [7, 11) is 1.59. The SMILES string of the molecule is COc1ccc(CS[C@H]2CC(C(=O)COc3cc(Cl)cc(Cl)c3)C[C@H](C(=O)CC[C@H](C(=O)C(F)(F)F)C(C)C)C2)cc1. The van der Waals surface area contributed by atoms with Crippen LogP contribution in [0.3, 0.4) is 0 Å². The first kappa shape index (κ1) is 34.3. The molecule has 0 spiro atoms. The highest BCUT2D eigenvalue weighted by molar-refractivity contribution is 7.99. The van der Waals surface area contributed by atoms with Gasteiger partial charge in [-0.15, -0.1) is 0 Å². The van der Waals surface area contributed by atoms with E-state index in [4.69, 9.17) is 32.7 Å². The normalized spacial score (nSPS) is 19.8. The third kappa shape index (κ3) is 10.2. The van der Waals surface area contributed by atoms with Crippen LogP contribution in [0, 0.1) is 23.7 Å². The first-order valence-corrected chi connectivity index (χ1v) is 15.6. The molecule has 1 fully saturated rings. The van der Waals surface area contributed by atoms with Gasteiger partial charge in [-0.1, -0.05) is 49.2 Å². The number of rotatable bonds is 14. The molecule has 4 atom stereocenters. The van der Waals surface area contributed by atoms with Crippen LogP contribution >= 0.6 is 35.0 Å². The van der Waals surface area contributed by atoms with Crippen LogP contribution in [0.1, 0.15) is 51.5 Å². The molecule has 0 aliphatic heterocycles. The highest BCUT2D eigenvalue weighted by Gasteiger charge is 2.44. The van der Waals surface area contributed by atoms with Gasteiger partial charge in [0.25, 0.3) is 0 Å². The molecule has 0 radical (unpaired) electrons. The minimum atomic E-state index is -4.95. The number of methoxy groups -OCH3 is 1. The van der Waals surface area contributed by atoms with Crippen LogP contribution in [0.5, 0.6) is 11.5 Å². The van der Waals surface area contributed by atoms with E-state index in [9.17, 15) is 27.6 Å². The van der Waals surface area contributed by atoms with Gasteiger partial charge in [-0.25, -0.2) is 0 Å². The molecule has 0 N–H and O–H groups in total. The van der Waals surface area contributed by atoms with Crippen molar-refractivity contribution < 1.29 is 37.0 Å². The van der Waals surface area contributed by atoms with Crippen molar-refractivity contribution in [2.75, 3.05) is 13.7 Å². The number of hydrogen-bond acceptors (Lipinski definition) is 6. The quantitative estimate of drug-likeness (QED) is 0.205. The Kier molecular flexibility index (Phi) is 12.6. The van der Waals surface area contributed by atoms with Crippen molar-refractivity contribution in [1.82, 2.24) is 0 Å². The molecule has 11 heteroatoms. The molecular weight excluding hydrogens is 612 g/mol. The zero-order valence-electron chi connectivity index (χ0n) is 23.7. The number of ketones is 3. The zero-order valence-corrected chi connectivity index (χ0v) is 26.0. The second-order valence-corrected chi connectivity index (χ2v) is 13.1. The van der Waals surface area contributed by atoms with E-state index in [-0.39, 0.29) is 42.7 Å². The predicted molar refractivity (Wildman–Crippen MR) is 160 cm³/mol. The van der Waals surface area contributed by atoms with Gasteiger partial charge in [-0.3, -0.25) is 14.4 Å². The molecule has 0 aromatic heterocycles. The lowest BCUT2D eigenvalue weighted by atomic mass is 9.75. The van der Waals surface area contributed by atoms with Gasteiger partial charge in [0.05, 0.1) is 7.11 Å². The minimum absolute atomic E-state index is 0.0259. The van der Waals surface area contributed by atoms with E-state index in [0.29, 0.717) is 34.4 Å². The van der Waals surface area contributed by atoms with E-state index < -0.39 is 35.6 Å². The molecule has 42 heavy (non-hydrogen) atoms. The lowest BCUT2D eigenvalue weighted by Crippen LogP contribution is -2.36. The standard InChI is InChI=1S/C31H35Cl2F3O5S/c1-18(2)27(30(39)31(34,35)36)8-9-28(37)20-10-21(29(38)16-41-25-14-22(32)13-23(33)15-25)12-26(11-20)42-17-19-4-6-24(40-3)7-5-19/h4-7,13-15,18,20-21,26-27H,8-12,16-17H2,1-3H3/t20-,21?,26+,27-/m0/s1. The molecule has 0 heterocycles. The molecule has 0 saturated heterocycles. The summed E-state index contributed by atoms with van der Waals surface area (Å²) in [5.74, 6) is -3.26. The fraction of sp³-hybridized carbons (Fsp3) is 0.516. The van der Waals surface area contributed by atoms with Crippen molar-refractivity contribution in [1.29, 1.82) is 0 Å². The number of benzene rings is 2. The fourth-order valence-corrected chi connectivity index (χ4v) is 7.09. The van der Waals surface area contributed by atoms with Gasteiger partial charge in [0.1, 0.15) is 23.9 Å². The zero-order chi connectivity index (χ0) is 31.0. The van der Waals surface area contributed by atoms with E-state index in [1.807, 2.05) is 24.3 Å². The van der Waals surface area contributed by atoms with E-state index in [2.05, 4.69) is 0 Å². The number of thioether (sulfide) groups is 1. The van der Waals surface area contributed by atoms with Crippen molar-refractivity contribution in [3.63, 3.8) is 0 Å². The largest absolute Gasteiger partial charge is 0.497 e. The second-order valence-electron chi connectivity index (χ2n) is 11.0. The molecule has 0 bridgehead atoms. The maximum Gasteiger partial charge on any atom is 0.450 e. The number of alkyl halides is 3. The number of halogens is 5. The predicted octanol–water partition coefficient (Wildman–Crippen LogP) is 8.42. The average molecular weight is 648 g/mol. The Bertz CT molecular complexity index is 1220.